The van der Waals surface area contributed by atoms with Crippen molar-refractivity contribution in [3.05, 3.63) is 29.6 Å². The molecule has 0 N–H and O–H groups in total. The highest BCUT2D eigenvalue weighted by molar-refractivity contribution is 5.93. The van der Waals surface area contributed by atoms with E-state index in [1.807, 2.05) is 13.0 Å². The summed E-state index contributed by atoms with van der Waals surface area (Å²) in [5, 5.41) is 1.43. The van der Waals surface area contributed by atoms with Gasteiger partial charge >= 0.3 is 0 Å². The number of carbonyl (C=O) groups is 1. The summed E-state index contributed by atoms with van der Waals surface area (Å²) in [6.45, 7) is 3.20. The Kier molecular flexibility index (Phi) is 2.97. The zero-order valence-electron chi connectivity index (χ0n) is 8.77. The first-order chi connectivity index (χ1) is 7.27. The van der Waals surface area contributed by atoms with Gasteiger partial charge in [0.2, 0.25) is 0 Å². The zero-order valence-corrected chi connectivity index (χ0v) is 8.77. The highest BCUT2D eigenvalue weighted by Crippen LogP contribution is 2.11. The fraction of sp³-hybridized carbons (Fsp3) is 0.455. The number of nitrogens with zero attached hydrogens (tertiary/aromatic N) is 2. The third kappa shape index (κ3) is 2.33. The molecule has 0 aromatic carbocycles. The minimum Gasteiger partial charge on any atom is -0.271 e. The molecule has 1 aromatic heterocycles. The second kappa shape index (κ2) is 4.40. The Morgan fingerprint density at radius 3 is 2.93 bits per heavy atom. The largest absolute Gasteiger partial charge is 0.278 e. The first-order valence-electron chi connectivity index (χ1n) is 5.15. The van der Waals surface area contributed by atoms with Crippen LogP contribution < -0.4 is 0 Å². The normalized spacial score (nSPS) is 16.5. The van der Waals surface area contributed by atoms with Gasteiger partial charge in [-0.05, 0) is 31.9 Å². The van der Waals surface area contributed by atoms with E-state index in [1.165, 1.54) is 5.06 Å². The SMILES string of the molecule is Cc1ccc(C(=O)N2CCCCO2)cn1. The van der Waals surface area contributed by atoms with E-state index in [0.717, 1.165) is 18.5 Å². The van der Waals surface area contributed by atoms with Gasteiger partial charge < -0.3 is 0 Å². The van der Waals surface area contributed by atoms with Crippen LogP contribution in [-0.2, 0) is 4.84 Å². The van der Waals surface area contributed by atoms with Gasteiger partial charge in [0.15, 0.2) is 0 Å². The summed E-state index contributed by atoms with van der Waals surface area (Å²) in [5.41, 5.74) is 1.49. The molecule has 1 aromatic rings. The topological polar surface area (TPSA) is 42.4 Å². The summed E-state index contributed by atoms with van der Waals surface area (Å²) in [5.74, 6) is -0.0952. The predicted molar refractivity (Wildman–Crippen MR) is 55.2 cm³/mol. The highest BCUT2D eigenvalue weighted by atomic mass is 16.7. The quantitative estimate of drug-likeness (QED) is 0.700. The molecule has 4 heteroatoms. The Bertz CT molecular complexity index is 342. The van der Waals surface area contributed by atoms with E-state index < -0.39 is 0 Å². The number of pyridine rings is 1. The molecular weight excluding hydrogens is 192 g/mol. The maximum absolute atomic E-state index is 11.9. The van der Waals surface area contributed by atoms with E-state index in [2.05, 4.69) is 4.98 Å². The van der Waals surface area contributed by atoms with Crippen LogP contribution >= 0.6 is 0 Å². The highest BCUT2D eigenvalue weighted by Gasteiger charge is 2.19. The molecular formula is C11H14N2O2. The first-order valence-corrected chi connectivity index (χ1v) is 5.15. The van der Waals surface area contributed by atoms with Crippen LogP contribution in [0.15, 0.2) is 18.3 Å². The van der Waals surface area contributed by atoms with Crippen LogP contribution in [0.5, 0.6) is 0 Å². The average Bonchev–Trinajstić information content (AvgIpc) is 2.30. The lowest BCUT2D eigenvalue weighted by Gasteiger charge is -2.25. The molecule has 1 aliphatic rings. The van der Waals surface area contributed by atoms with Gasteiger partial charge in [-0.15, -0.1) is 0 Å². The molecule has 1 saturated heterocycles. The summed E-state index contributed by atoms with van der Waals surface area (Å²) in [7, 11) is 0. The fourth-order valence-corrected chi connectivity index (χ4v) is 1.50. The molecule has 0 saturated carbocycles. The predicted octanol–water partition coefficient (Wildman–Crippen LogP) is 1.56. The molecule has 0 atom stereocenters. The summed E-state index contributed by atoms with van der Waals surface area (Å²) in [4.78, 5) is 21.2. The van der Waals surface area contributed by atoms with Gasteiger partial charge in [-0.2, -0.15) is 0 Å². The van der Waals surface area contributed by atoms with Crippen LogP contribution in [0.4, 0.5) is 0 Å². The molecule has 1 amide bonds. The van der Waals surface area contributed by atoms with Crippen molar-refractivity contribution in [2.45, 2.75) is 19.8 Å². The van der Waals surface area contributed by atoms with Crippen molar-refractivity contribution in [3.63, 3.8) is 0 Å². The molecule has 15 heavy (non-hydrogen) atoms. The first kappa shape index (κ1) is 10.1. The van der Waals surface area contributed by atoms with Crippen molar-refractivity contribution >= 4 is 5.91 Å². The molecule has 80 valence electrons. The molecule has 0 spiro atoms. The van der Waals surface area contributed by atoms with Gasteiger partial charge in [-0.3, -0.25) is 14.6 Å². The number of hydroxylamine groups is 2. The molecule has 0 bridgehead atoms. The van der Waals surface area contributed by atoms with E-state index >= 15 is 0 Å². The Morgan fingerprint density at radius 1 is 1.47 bits per heavy atom. The lowest BCUT2D eigenvalue weighted by atomic mass is 10.2. The number of aromatic nitrogens is 1. The van der Waals surface area contributed by atoms with Gasteiger partial charge in [-0.25, -0.2) is 5.06 Å². The van der Waals surface area contributed by atoms with Gasteiger partial charge in [-0.1, -0.05) is 0 Å². The van der Waals surface area contributed by atoms with Crippen LogP contribution in [0.1, 0.15) is 28.9 Å². The Morgan fingerprint density at radius 2 is 2.33 bits per heavy atom. The maximum Gasteiger partial charge on any atom is 0.278 e. The van der Waals surface area contributed by atoms with Crippen molar-refractivity contribution in [1.29, 1.82) is 0 Å². The molecule has 4 nitrogen and oxygen atoms in total. The number of aryl methyl sites for hydroxylation is 1. The second-order valence-electron chi connectivity index (χ2n) is 3.64. The average molecular weight is 206 g/mol. The van der Waals surface area contributed by atoms with Gasteiger partial charge in [0, 0.05) is 18.4 Å². The molecule has 1 aliphatic heterocycles. The number of rotatable bonds is 1. The summed E-state index contributed by atoms with van der Waals surface area (Å²) < 4.78 is 0. The molecule has 0 unspecified atom stereocenters. The smallest absolute Gasteiger partial charge is 0.271 e. The van der Waals surface area contributed by atoms with Gasteiger partial charge in [0.05, 0.1) is 12.2 Å². The number of amides is 1. The summed E-state index contributed by atoms with van der Waals surface area (Å²) >= 11 is 0. The fourth-order valence-electron chi connectivity index (χ4n) is 1.50. The monoisotopic (exact) mass is 206 g/mol. The number of carbonyl (C=O) groups excluding carboxylic acids is 1. The number of hydrogen-bond donors (Lipinski definition) is 0. The molecule has 0 aliphatic carbocycles. The minimum atomic E-state index is -0.0952. The van der Waals surface area contributed by atoms with Gasteiger partial charge in [0.25, 0.3) is 5.91 Å². The Hall–Kier alpha value is -1.42. The lowest BCUT2D eigenvalue weighted by Crippen LogP contribution is -2.35. The van der Waals surface area contributed by atoms with Crippen molar-refractivity contribution in [1.82, 2.24) is 10.0 Å². The molecule has 0 radical (unpaired) electrons. The van der Waals surface area contributed by atoms with E-state index in [1.54, 1.807) is 12.3 Å². The molecule has 1 fully saturated rings. The van der Waals surface area contributed by atoms with Crippen molar-refractivity contribution in [3.8, 4) is 0 Å². The number of hydrogen-bond acceptors (Lipinski definition) is 3. The second-order valence-corrected chi connectivity index (χ2v) is 3.64. The summed E-state index contributed by atoms with van der Waals surface area (Å²) in [6.07, 6.45) is 3.62. The third-order valence-electron chi connectivity index (χ3n) is 2.39. The van der Waals surface area contributed by atoms with E-state index in [0.29, 0.717) is 18.7 Å². The standard InChI is InChI=1S/C11H14N2O2/c1-9-4-5-10(8-12-9)11(14)13-6-2-3-7-15-13/h4-5,8H,2-3,6-7H2,1H3. The van der Waals surface area contributed by atoms with Crippen molar-refractivity contribution in [2.24, 2.45) is 0 Å². The van der Waals surface area contributed by atoms with Crippen LogP contribution in [0, 0.1) is 6.92 Å². The van der Waals surface area contributed by atoms with Crippen LogP contribution in [0.2, 0.25) is 0 Å². The van der Waals surface area contributed by atoms with E-state index in [4.69, 9.17) is 4.84 Å². The van der Waals surface area contributed by atoms with Crippen LogP contribution in [-0.4, -0.2) is 29.1 Å². The Labute approximate surface area is 88.8 Å². The lowest BCUT2D eigenvalue weighted by molar-refractivity contribution is -0.144. The third-order valence-corrected chi connectivity index (χ3v) is 2.39. The minimum absolute atomic E-state index is 0.0952. The van der Waals surface area contributed by atoms with Crippen molar-refractivity contribution < 1.29 is 9.63 Å². The Balaban J connectivity index is 2.09. The van der Waals surface area contributed by atoms with Crippen molar-refractivity contribution in [2.75, 3.05) is 13.2 Å². The molecule has 2 heterocycles. The van der Waals surface area contributed by atoms with Crippen LogP contribution in [0.25, 0.3) is 0 Å². The van der Waals surface area contributed by atoms with Crippen LogP contribution in [0.3, 0.4) is 0 Å². The van der Waals surface area contributed by atoms with E-state index in [9.17, 15) is 4.79 Å². The molecule has 2 rings (SSSR count). The van der Waals surface area contributed by atoms with Gasteiger partial charge in [0.1, 0.15) is 0 Å². The summed E-state index contributed by atoms with van der Waals surface area (Å²) in [6, 6.07) is 3.61. The van der Waals surface area contributed by atoms with E-state index in [-0.39, 0.29) is 5.91 Å². The maximum atomic E-state index is 11.9. The zero-order chi connectivity index (χ0) is 10.7.